The van der Waals surface area contributed by atoms with Crippen LogP contribution in [0.25, 0.3) is 0 Å². The molecule has 110 valence electrons. The fourth-order valence-corrected chi connectivity index (χ4v) is 2.40. The minimum atomic E-state index is -0.852. The molecule has 1 aliphatic rings. The zero-order valence-electron chi connectivity index (χ0n) is 11.7. The Hall–Kier alpha value is -1.49. The number of carbonyl (C=O) groups is 1. The van der Waals surface area contributed by atoms with E-state index in [1.165, 1.54) is 6.07 Å². The van der Waals surface area contributed by atoms with Gasteiger partial charge in [0.05, 0.1) is 0 Å². The summed E-state index contributed by atoms with van der Waals surface area (Å²) < 4.78 is 26.0. The van der Waals surface area contributed by atoms with E-state index in [1.807, 2.05) is 13.8 Å². The number of amides is 1. The number of rotatable bonds is 6. The molecule has 1 aromatic rings. The lowest BCUT2D eigenvalue weighted by Crippen LogP contribution is -2.39. The summed E-state index contributed by atoms with van der Waals surface area (Å²) in [5, 5.41) is 6.10. The Morgan fingerprint density at radius 3 is 2.80 bits per heavy atom. The number of hydrogen-bond acceptors (Lipinski definition) is 2. The highest BCUT2D eigenvalue weighted by Gasteiger charge is 2.44. The van der Waals surface area contributed by atoms with Gasteiger partial charge in [0, 0.05) is 18.5 Å². The van der Waals surface area contributed by atoms with Crippen LogP contribution in [0.15, 0.2) is 18.2 Å². The molecule has 3 atom stereocenters. The molecule has 1 aliphatic carbocycles. The van der Waals surface area contributed by atoms with Crippen LogP contribution in [-0.2, 0) is 4.79 Å². The zero-order chi connectivity index (χ0) is 14.7. The Morgan fingerprint density at radius 1 is 1.40 bits per heavy atom. The number of likely N-dealkylation sites (N-methyl/N-ethyl adjacent to an activating group) is 1. The highest BCUT2D eigenvalue weighted by atomic mass is 19.2. The molecule has 0 aliphatic heterocycles. The van der Waals surface area contributed by atoms with Gasteiger partial charge in [0.25, 0.3) is 0 Å². The van der Waals surface area contributed by atoms with Gasteiger partial charge in [0.1, 0.15) is 0 Å². The lowest BCUT2D eigenvalue weighted by atomic mass is 10.1. The van der Waals surface area contributed by atoms with Crippen LogP contribution in [0.3, 0.4) is 0 Å². The van der Waals surface area contributed by atoms with Gasteiger partial charge in [-0.15, -0.1) is 0 Å². The lowest BCUT2D eigenvalue weighted by molar-refractivity contribution is -0.122. The van der Waals surface area contributed by atoms with E-state index in [9.17, 15) is 13.6 Å². The van der Waals surface area contributed by atoms with Gasteiger partial charge in [-0.1, -0.05) is 13.0 Å². The summed E-state index contributed by atoms with van der Waals surface area (Å²) >= 11 is 0. The highest BCUT2D eigenvalue weighted by Crippen LogP contribution is 2.47. The summed E-state index contributed by atoms with van der Waals surface area (Å²) in [5.41, 5.74) is 0.698. The molecule has 0 aromatic heterocycles. The highest BCUT2D eigenvalue weighted by molar-refractivity contribution is 5.82. The fourth-order valence-electron chi connectivity index (χ4n) is 2.40. The van der Waals surface area contributed by atoms with E-state index < -0.39 is 11.6 Å². The van der Waals surface area contributed by atoms with E-state index in [2.05, 4.69) is 10.6 Å². The molecule has 3 nitrogen and oxygen atoms in total. The maximum atomic E-state index is 13.2. The van der Waals surface area contributed by atoms with Crippen molar-refractivity contribution in [3.05, 3.63) is 35.4 Å². The molecule has 0 spiro atoms. The molecule has 20 heavy (non-hydrogen) atoms. The van der Waals surface area contributed by atoms with Crippen LogP contribution in [0.5, 0.6) is 0 Å². The van der Waals surface area contributed by atoms with Crippen molar-refractivity contribution >= 4 is 5.91 Å². The van der Waals surface area contributed by atoms with Crippen molar-refractivity contribution in [1.82, 2.24) is 10.6 Å². The molecule has 1 fully saturated rings. The third-order valence-corrected chi connectivity index (χ3v) is 3.63. The second kappa shape index (κ2) is 6.31. The SMILES string of the molecule is CCN[C@H](C)CNC(=O)C1CC1c1ccc(F)c(F)c1. The largest absolute Gasteiger partial charge is 0.354 e. The summed E-state index contributed by atoms with van der Waals surface area (Å²) in [5.74, 6) is -1.82. The molecule has 1 amide bonds. The standard InChI is InChI=1S/C15H20F2N2O/c1-3-18-9(2)8-19-15(20)12-7-11(12)10-4-5-13(16)14(17)6-10/h4-6,9,11-12,18H,3,7-8H2,1-2H3,(H,19,20)/t9-,11?,12?/m1/s1. The van der Waals surface area contributed by atoms with Crippen molar-refractivity contribution < 1.29 is 13.6 Å². The van der Waals surface area contributed by atoms with E-state index in [0.717, 1.165) is 12.6 Å². The van der Waals surface area contributed by atoms with Gasteiger partial charge in [-0.05, 0) is 43.5 Å². The Balaban J connectivity index is 1.84. The van der Waals surface area contributed by atoms with Crippen molar-refractivity contribution in [3.63, 3.8) is 0 Å². The first-order valence-electron chi connectivity index (χ1n) is 6.99. The van der Waals surface area contributed by atoms with E-state index in [0.29, 0.717) is 18.5 Å². The first kappa shape index (κ1) is 14.9. The maximum Gasteiger partial charge on any atom is 0.223 e. The Morgan fingerprint density at radius 2 is 2.15 bits per heavy atom. The maximum absolute atomic E-state index is 13.2. The fraction of sp³-hybridized carbons (Fsp3) is 0.533. The molecule has 2 rings (SSSR count). The van der Waals surface area contributed by atoms with Gasteiger partial charge in [0.15, 0.2) is 11.6 Å². The quantitative estimate of drug-likeness (QED) is 0.839. The van der Waals surface area contributed by atoms with Crippen molar-refractivity contribution in [2.24, 2.45) is 5.92 Å². The van der Waals surface area contributed by atoms with Crippen molar-refractivity contribution in [2.75, 3.05) is 13.1 Å². The smallest absolute Gasteiger partial charge is 0.223 e. The Kier molecular flexibility index (Phi) is 4.70. The molecule has 5 heteroatoms. The van der Waals surface area contributed by atoms with Gasteiger partial charge in [-0.3, -0.25) is 4.79 Å². The third-order valence-electron chi connectivity index (χ3n) is 3.63. The molecular weight excluding hydrogens is 262 g/mol. The van der Waals surface area contributed by atoms with Crippen molar-refractivity contribution in [3.8, 4) is 0 Å². The monoisotopic (exact) mass is 282 g/mol. The second-order valence-corrected chi connectivity index (χ2v) is 5.33. The predicted molar refractivity (Wildman–Crippen MR) is 73.4 cm³/mol. The van der Waals surface area contributed by atoms with Gasteiger partial charge in [-0.2, -0.15) is 0 Å². The molecule has 0 saturated heterocycles. The first-order valence-corrected chi connectivity index (χ1v) is 6.99. The number of halogens is 2. The second-order valence-electron chi connectivity index (χ2n) is 5.33. The number of benzene rings is 1. The normalized spacial score (nSPS) is 22.4. The van der Waals surface area contributed by atoms with Gasteiger partial charge >= 0.3 is 0 Å². The average molecular weight is 282 g/mol. The summed E-state index contributed by atoms with van der Waals surface area (Å²) in [6.45, 7) is 5.45. The van der Waals surface area contributed by atoms with Gasteiger partial charge in [-0.25, -0.2) is 8.78 Å². The van der Waals surface area contributed by atoms with Crippen LogP contribution >= 0.6 is 0 Å². The summed E-state index contributed by atoms with van der Waals surface area (Å²) in [4.78, 5) is 11.9. The number of carbonyl (C=O) groups excluding carboxylic acids is 1. The topological polar surface area (TPSA) is 41.1 Å². The van der Waals surface area contributed by atoms with Gasteiger partial charge < -0.3 is 10.6 Å². The molecule has 0 heterocycles. The third kappa shape index (κ3) is 3.54. The molecule has 2 N–H and O–H groups in total. The van der Waals surface area contributed by atoms with Crippen LogP contribution in [0.1, 0.15) is 31.7 Å². The summed E-state index contributed by atoms with van der Waals surface area (Å²) in [6, 6.07) is 4.08. The van der Waals surface area contributed by atoms with Crippen LogP contribution < -0.4 is 10.6 Å². The van der Waals surface area contributed by atoms with E-state index in [-0.39, 0.29) is 23.8 Å². The number of nitrogens with one attached hydrogen (secondary N) is 2. The lowest BCUT2D eigenvalue weighted by Gasteiger charge is -2.13. The number of hydrogen-bond donors (Lipinski definition) is 2. The molecule has 2 unspecified atom stereocenters. The molecule has 1 saturated carbocycles. The zero-order valence-corrected chi connectivity index (χ0v) is 11.7. The summed E-state index contributed by atoms with van der Waals surface area (Å²) in [7, 11) is 0. The molecule has 0 radical (unpaired) electrons. The average Bonchev–Trinajstić information content (AvgIpc) is 3.20. The van der Waals surface area contributed by atoms with Crippen LogP contribution in [0.4, 0.5) is 8.78 Å². The predicted octanol–water partition coefficient (Wildman–Crippen LogP) is 2.18. The first-order chi connectivity index (χ1) is 9.52. The minimum Gasteiger partial charge on any atom is -0.354 e. The van der Waals surface area contributed by atoms with Crippen molar-refractivity contribution in [2.45, 2.75) is 32.2 Å². The Bertz CT molecular complexity index is 493. The van der Waals surface area contributed by atoms with E-state index in [1.54, 1.807) is 6.07 Å². The molecule has 1 aromatic carbocycles. The molecule has 0 bridgehead atoms. The van der Waals surface area contributed by atoms with Crippen LogP contribution in [-0.4, -0.2) is 25.0 Å². The van der Waals surface area contributed by atoms with Gasteiger partial charge in [0.2, 0.25) is 5.91 Å². The van der Waals surface area contributed by atoms with Crippen LogP contribution in [0, 0.1) is 17.6 Å². The van der Waals surface area contributed by atoms with E-state index >= 15 is 0 Å². The summed E-state index contributed by atoms with van der Waals surface area (Å²) in [6.07, 6.45) is 0.701. The van der Waals surface area contributed by atoms with E-state index in [4.69, 9.17) is 0 Å². The minimum absolute atomic E-state index is 0.00973. The Labute approximate surface area is 117 Å². The molecular formula is C15H20F2N2O. The van der Waals surface area contributed by atoms with Crippen LogP contribution in [0.2, 0.25) is 0 Å². The van der Waals surface area contributed by atoms with Crippen molar-refractivity contribution in [1.29, 1.82) is 0 Å².